The topological polar surface area (TPSA) is 80.9 Å². The number of nitrogens with one attached hydrogen (secondary N) is 1. The van der Waals surface area contributed by atoms with Gasteiger partial charge in [-0.05, 0) is 24.5 Å². The number of para-hydroxylation sites is 1. The molecule has 3 rings (SSSR count). The third kappa shape index (κ3) is 2.71. The van der Waals surface area contributed by atoms with E-state index in [1.807, 2.05) is 24.3 Å². The van der Waals surface area contributed by atoms with Crippen molar-refractivity contribution in [3.8, 4) is 0 Å². The zero-order valence-corrected chi connectivity index (χ0v) is 11.6. The second-order valence-corrected chi connectivity index (χ2v) is 6.66. The molecule has 1 aliphatic heterocycles. The summed E-state index contributed by atoms with van der Waals surface area (Å²) in [6.07, 6.45) is 1.66. The number of aromatic nitrogens is 2. The third-order valence-corrected chi connectivity index (χ3v) is 5.01. The molecule has 0 fully saturated rings. The van der Waals surface area contributed by atoms with Gasteiger partial charge in [0.05, 0.1) is 5.25 Å². The minimum absolute atomic E-state index is 0.0173. The van der Waals surface area contributed by atoms with E-state index in [4.69, 9.17) is 5.73 Å². The molecule has 1 aromatic carbocycles. The van der Waals surface area contributed by atoms with Crippen LogP contribution in [0.4, 0.5) is 10.8 Å². The van der Waals surface area contributed by atoms with Gasteiger partial charge in [-0.25, -0.2) is 0 Å². The molecule has 2 aromatic rings. The Morgan fingerprint density at radius 3 is 3.00 bits per heavy atom. The summed E-state index contributed by atoms with van der Waals surface area (Å²) in [6, 6.07) is 7.90. The zero-order valence-electron chi connectivity index (χ0n) is 10.00. The molecular weight excluding hydrogens is 280 g/mol. The van der Waals surface area contributed by atoms with Gasteiger partial charge in [0.2, 0.25) is 11.0 Å². The fourth-order valence-electron chi connectivity index (χ4n) is 1.99. The fourth-order valence-corrected chi connectivity index (χ4v) is 3.87. The first kappa shape index (κ1) is 12.4. The first-order chi connectivity index (χ1) is 9.22. The number of thioether (sulfide) groups is 1. The quantitative estimate of drug-likeness (QED) is 0.886. The number of fused-ring (bicyclic) bond motifs is 1. The summed E-state index contributed by atoms with van der Waals surface area (Å²) in [5.41, 5.74) is 7.64. The van der Waals surface area contributed by atoms with Crippen molar-refractivity contribution in [3.63, 3.8) is 0 Å². The summed E-state index contributed by atoms with van der Waals surface area (Å²) in [7, 11) is 0. The van der Waals surface area contributed by atoms with Crippen molar-refractivity contribution in [2.45, 2.75) is 22.4 Å². The molecule has 0 unspecified atom stereocenters. The highest BCUT2D eigenvalue weighted by atomic mass is 32.2. The van der Waals surface area contributed by atoms with Crippen LogP contribution in [0.5, 0.6) is 0 Å². The Hall–Kier alpha value is -1.60. The lowest BCUT2D eigenvalue weighted by Crippen LogP contribution is -2.23. The van der Waals surface area contributed by atoms with Crippen molar-refractivity contribution in [2.75, 3.05) is 11.1 Å². The molecule has 2 heterocycles. The number of nitrogens with two attached hydrogens (primary N) is 1. The fraction of sp³-hybridized carbons (Fsp3) is 0.250. The van der Waals surface area contributed by atoms with E-state index in [1.54, 1.807) is 0 Å². The van der Waals surface area contributed by atoms with Gasteiger partial charge < -0.3 is 11.1 Å². The van der Waals surface area contributed by atoms with E-state index >= 15 is 0 Å². The number of aryl methyl sites for hydroxylation is 1. The van der Waals surface area contributed by atoms with E-state index in [9.17, 15) is 4.79 Å². The SMILES string of the molecule is Nc1nnc(S[C@H]2CCc3ccccc3NC2=O)s1. The number of amides is 1. The van der Waals surface area contributed by atoms with E-state index in [0.29, 0.717) is 5.13 Å². The van der Waals surface area contributed by atoms with E-state index < -0.39 is 0 Å². The smallest absolute Gasteiger partial charge is 0.237 e. The van der Waals surface area contributed by atoms with Gasteiger partial charge in [-0.15, -0.1) is 10.2 Å². The molecule has 0 saturated heterocycles. The van der Waals surface area contributed by atoms with Crippen molar-refractivity contribution in [1.29, 1.82) is 0 Å². The molecule has 0 saturated carbocycles. The first-order valence-corrected chi connectivity index (χ1v) is 7.56. The van der Waals surface area contributed by atoms with Crippen molar-refractivity contribution in [2.24, 2.45) is 0 Å². The number of carbonyl (C=O) groups is 1. The number of benzene rings is 1. The monoisotopic (exact) mass is 292 g/mol. The maximum Gasteiger partial charge on any atom is 0.237 e. The van der Waals surface area contributed by atoms with Crippen molar-refractivity contribution >= 4 is 39.8 Å². The van der Waals surface area contributed by atoms with Crippen LogP contribution in [-0.4, -0.2) is 21.4 Å². The normalized spacial score (nSPS) is 18.5. The third-order valence-electron chi connectivity index (χ3n) is 2.91. The number of anilines is 2. The minimum atomic E-state index is -0.153. The van der Waals surface area contributed by atoms with Gasteiger partial charge in [-0.3, -0.25) is 4.79 Å². The second kappa shape index (κ2) is 5.18. The lowest BCUT2D eigenvalue weighted by Gasteiger charge is -2.10. The van der Waals surface area contributed by atoms with E-state index in [1.165, 1.54) is 28.7 Å². The van der Waals surface area contributed by atoms with E-state index in [2.05, 4.69) is 15.5 Å². The van der Waals surface area contributed by atoms with Crippen LogP contribution in [-0.2, 0) is 11.2 Å². The Morgan fingerprint density at radius 2 is 2.21 bits per heavy atom. The Bertz CT molecular complexity index is 613. The standard InChI is InChI=1S/C12H12N4OS2/c13-11-15-16-12(19-11)18-9-6-5-7-3-1-2-4-8(7)14-10(9)17/h1-4,9H,5-6H2,(H2,13,15)(H,14,17)/t9-/m0/s1. The maximum absolute atomic E-state index is 12.2. The number of nitrogens with zero attached hydrogens (tertiary/aromatic N) is 2. The van der Waals surface area contributed by atoms with Gasteiger partial charge in [0.25, 0.3) is 0 Å². The lowest BCUT2D eigenvalue weighted by molar-refractivity contribution is -0.115. The molecule has 1 atom stereocenters. The Balaban J connectivity index is 1.77. The molecule has 0 spiro atoms. The molecular formula is C12H12N4OS2. The largest absolute Gasteiger partial charge is 0.374 e. The molecule has 7 heteroatoms. The van der Waals surface area contributed by atoms with Gasteiger partial charge >= 0.3 is 0 Å². The number of rotatable bonds is 2. The summed E-state index contributed by atoms with van der Waals surface area (Å²) in [4.78, 5) is 12.2. The molecule has 1 aromatic heterocycles. The van der Waals surface area contributed by atoms with E-state index in [-0.39, 0.29) is 11.2 Å². The van der Waals surface area contributed by atoms with Crippen LogP contribution < -0.4 is 11.1 Å². The molecule has 19 heavy (non-hydrogen) atoms. The summed E-state index contributed by atoms with van der Waals surface area (Å²) < 4.78 is 0.739. The summed E-state index contributed by atoms with van der Waals surface area (Å²) in [5, 5.41) is 11.0. The predicted octanol–water partition coefficient (Wildman–Crippen LogP) is 2.17. The molecule has 0 radical (unpaired) electrons. The highest BCUT2D eigenvalue weighted by Gasteiger charge is 2.25. The van der Waals surface area contributed by atoms with Gasteiger partial charge in [0, 0.05) is 5.69 Å². The molecule has 3 N–H and O–H groups in total. The number of nitrogen functional groups attached to an aromatic ring is 1. The van der Waals surface area contributed by atoms with Gasteiger partial charge in [0.1, 0.15) is 0 Å². The summed E-state index contributed by atoms with van der Waals surface area (Å²) >= 11 is 2.74. The lowest BCUT2D eigenvalue weighted by atomic mass is 10.1. The van der Waals surface area contributed by atoms with Crippen LogP contribution in [0, 0.1) is 0 Å². The van der Waals surface area contributed by atoms with Crippen LogP contribution in [0.25, 0.3) is 0 Å². The average Bonchev–Trinajstić information content (AvgIpc) is 2.74. The summed E-state index contributed by atoms with van der Waals surface area (Å²) in [5.74, 6) is 0.0173. The Kier molecular flexibility index (Phi) is 3.39. The Morgan fingerprint density at radius 1 is 1.37 bits per heavy atom. The highest BCUT2D eigenvalue weighted by Crippen LogP contribution is 2.33. The average molecular weight is 292 g/mol. The van der Waals surface area contributed by atoms with Crippen LogP contribution in [0.1, 0.15) is 12.0 Å². The van der Waals surface area contributed by atoms with Crippen molar-refractivity contribution < 1.29 is 4.79 Å². The van der Waals surface area contributed by atoms with Crippen LogP contribution in [0.2, 0.25) is 0 Å². The number of carbonyl (C=O) groups excluding carboxylic acids is 1. The molecule has 1 amide bonds. The molecule has 0 aliphatic carbocycles. The highest BCUT2D eigenvalue weighted by molar-refractivity contribution is 8.02. The van der Waals surface area contributed by atoms with E-state index in [0.717, 1.165) is 22.9 Å². The van der Waals surface area contributed by atoms with Gasteiger partial charge in [-0.1, -0.05) is 41.3 Å². The second-order valence-electron chi connectivity index (χ2n) is 4.20. The molecule has 1 aliphatic rings. The van der Waals surface area contributed by atoms with Crippen LogP contribution >= 0.6 is 23.1 Å². The minimum Gasteiger partial charge on any atom is -0.374 e. The zero-order chi connectivity index (χ0) is 13.2. The molecule has 5 nitrogen and oxygen atoms in total. The maximum atomic E-state index is 12.2. The van der Waals surface area contributed by atoms with Gasteiger partial charge in [-0.2, -0.15) is 0 Å². The number of hydrogen-bond donors (Lipinski definition) is 2. The number of hydrogen-bond acceptors (Lipinski definition) is 6. The van der Waals surface area contributed by atoms with Crippen molar-refractivity contribution in [1.82, 2.24) is 10.2 Å². The predicted molar refractivity (Wildman–Crippen MR) is 77.4 cm³/mol. The van der Waals surface area contributed by atoms with Crippen molar-refractivity contribution in [3.05, 3.63) is 29.8 Å². The molecule has 98 valence electrons. The Labute approximate surface area is 118 Å². The van der Waals surface area contributed by atoms with Crippen LogP contribution in [0.3, 0.4) is 0 Å². The summed E-state index contributed by atoms with van der Waals surface area (Å²) in [6.45, 7) is 0. The van der Waals surface area contributed by atoms with Gasteiger partial charge in [0.15, 0.2) is 4.34 Å². The first-order valence-electron chi connectivity index (χ1n) is 5.87. The molecule has 0 bridgehead atoms. The van der Waals surface area contributed by atoms with Crippen LogP contribution in [0.15, 0.2) is 28.6 Å².